The minimum Gasteiger partial charge on any atom is -0.426 e. The number of unbranched alkanes of at least 4 members (excludes halogenated alkanes) is 5. The molecular formula is C26H32FN3O2. The summed E-state index contributed by atoms with van der Waals surface area (Å²) in [7, 11) is 0. The molecule has 0 N–H and O–H groups in total. The van der Waals surface area contributed by atoms with E-state index in [1.807, 2.05) is 0 Å². The number of carbonyl (C=O) groups is 1. The van der Waals surface area contributed by atoms with Gasteiger partial charge in [-0.05, 0) is 62.8 Å². The molecule has 0 amide bonds. The van der Waals surface area contributed by atoms with Gasteiger partial charge in [-0.1, -0.05) is 39.0 Å². The Morgan fingerprint density at radius 2 is 1.81 bits per heavy atom. The highest BCUT2D eigenvalue weighted by Crippen LogP contribution is 2.35. The van der Waals surface area contributed by atoms with Crippen LogP contribution in [0.1, 0.15) is 94.0 Å². The largest absolute Gasteiger partial charge is 0.426 e. The maximum absolute atomic E-state index is 13.7. The van der Waals surface area contributed by atoms with Crippen LogP contribution < -0.4 is 4.74 Å². The van der Waals surface area contributed by atoms with Crippen molar-refractivity contribution < 1.29 is 13.9 Å². The molecule has 32 heavy (non-hydrogen) atoms. The standard InChI is InChI=1S/C26H32FN3O2/c1-2-3-4-5-6-7-8-22-14-16-25(30-29-22)19-9-11-20(12-10-19)26(31)32-23-15-13-21(18-28)24(27)17-23/h13-17,19-20H,2-12H2,1H3. The van der Waals surface area contributed by atoms with Crippen molar-refractivity contribution in [3.8, 4) is 11.8 Å². The highest BCUT2D eigenvalue weighted by Gasteiger charge is 2.29. The first kappa shape index (κ1) is 23.8. The molecule has 1 aromatic heterocycles. The van der Waals surface area contributed by atoms with Crippen molar-refractivity contribution in [1.82, 2.24) is 10.2 Å². The van der Waals surface area contributed by atoms with E-state index in [1.165, 1.54) is 44.2 Å². The van der Waals surface area contributed by atoms with E-state index in [-0.39, 0.29) is 23.2 Å². The molecule has 0 unspecified atom stereocenters. The van der Waals surface area contributed by atoms with Gasteiger partial charge in [0.15, 0.2) is 0 Å². The van der Waals surface area contributed by atoms with Gasteiger partial charge in [-0.25, -0.2) is 4.39 Å². The lowest BCUT2D eigenvalue weighted by molar-refractivity contribution is -0.140. The lowest BCUT2D eigenvalue weighted by Gasteiger charge is -2.26. The predicted octanol–water partition coefficient (Wildman–Crippen LogP) is 6.27. The van der Waals surface area contributed by atoms with Gasteiger partial charge in [0.1, 0.15) is 17.6 Å². The van der Waals surface area contributed by atoms with Gasteiger partial charge in [-0.3, -0.25) is 4.79 Å². The van der Waals surface area contributed by atoms with E-state index < -0.39 is 5.82 Å². The molecule has 2 aromatic rings. The Labute approximate surface area is 190 Å². The maximum Gasteiger partial charge on any atom is 0.314 e. The second-order valence-corrected chi connectivity index (χ2v) is 8.69. The van der Waals surface area contributed by atoms with Crippen molar-refractivity contribution in [2.75, 3.05) is 0 Å². The number of aryl methyl sites for hydroxylation is 1. The summed E-state index contributed by atoms with van der Waals surface area (Å²) in [6.45, 7) is 2.23. The number of hydrogen-bond acceptors (Lipinski definition) is 5. The average molecular weight is 438 g/mol. The summed E-state index contributed by atoms with van der Waals surface area (Å²) in [5.41, 5.74) is 1.98. The molecule has 6 heteroatoms. The van der Waals surface area contributed by atoms with Crippen LogP contribution in [0, 0.1) is 23.1 Å². The third-order valence-corrected chi connectivity index (χ3v) is 6.29. The van der Waals surface area contributed by atoms with Crippen LogP contribution in [0.25, 0.3) is 0 Å². The molecule has 0 spiro atoms. The normalized spacial score (nSPS) is 18.2. The third-order valence-electron chi connectivity index (χ3n) is 6.29. The van der Waals surface area contributed by atoms with Crippen molar-refractivity contribution in [2.45, 2.75) is 83.5 Å². The van der Waals surface area contributed by atoms with E-state index in [4.69, 9.17) is 10.00 Å². The topological polar surface area (TPSA) is 75.9 Å². The number of carbonyl (C=O) groups excluding carboxylic acids is 1. The number of nitriles is 1. The fourth-order valence-corrected chi connectivity index (χ4v) is 4.28. The summed E-state index contributed by atoms with van der Waals surface area (Å²) in [4.78, 5) is 12.5. The Kier molecular flexibility index (Phi) is 9.15. The molecule has 1 fully saturated rings. The molecular weight excluding hydrogens is 405 g/mol. The Bertz CT molecular complexity index is 916. The Hall–Kier alpha value is -2.81. The summed E-state index contributed by atoms with van der Waals surface area (Å²) in [6.07, 6.45) is 11.7. The monoisotopic (exact) mass is 437 g/mol. The lowest BCUT2D eigenvalue weighted by Crippen LogP contribution is -2.25. The van der Waals surface area contributed by atoms with Gasteiger partial charge >= 0.3 is 5.97 Å². The first-order valence-electron chi connectivity index (χ1n) is 11.8. The minimum absolute atomic E-state index is 0.0654. The van der Waals surface area contributed by atoms with Gasteiger partial charge in [-0.15, -0.1) is 0 Å². The first-order chi connectivity index (χ1) is 15.6. The van der Waals surface area contributed by atoms with Gasteiger partial charge in [0.25, 0.3) is 0 Å². The van der Waals surface area contributed by atoms with Crippen LogP contribution in [0.15, 0.2) is 30.3 Å². The first-order valence-corrected chi connectivity index (χ1v) is 11.8. The molecule has 0 bridgehead atoms. The highest BCUT2D eigenvalue weighted by atomic mass is 19.1. The molecule has 1 aliphatic carbocycles. The molecule has 0 atom stereocenters. The van der Waals surface area contributed by atoms with Crippen molar-refractivity contribution >= 4 is 5.97 Å². The smallest absolute Gasteiger partial charge is 0.314 e. The lowest BCUT2D eigenvalue weighted by atomic mass is 9.80. The summed E-state index contributed by atoms with van der Waals surface area (Å²) < 4.78 is 19.1. The van der Waals surface area contributed by atoms with Gasteiger partial charge < -0.3 is 4.74 Å². The van der Waals surface area contributed by atoms with Crippen LogP contribution in [0.2, 0.25) is 0 Å². The zero-order valence-corrected chi connectivity index (χ0v) is 18.9. The molecule has 1 heterocycles. The van der Waals surface area contributed by atoms with E-state index in [0.29, 0.717) is 18.8 Å². The second-order valence-electron chi connectivity index (χ2n) is 8.69. The average Bonchev–Trinajstić information content (AvgIpc) is 2.82. The summed E-state index contributed by atoms with van der Waals surface area (Å²) in [5.74, 6) is -0.778. The van der Waals surface area contributed by atoms with E-state index in [1.54, 1.807) is 6.07 Å². The van der Waals surface area contributed by atoms with Crippen LogP contribution in [-0.2, 0) is 11.2 Å². The Morgan fingerprint density at radius 3 is 2.47 bits per heavy atom. The van der Waals surface area contributed by atoms with Gasteiger partial charge in [-0.2, -0.15) is 15.5 Å². The van der Waals surface area contributed by atoms with Crippen molar-refractivity contribution in [3.05, 3.63) is 53.1 Å². The number of aromatic nitrogens is 2. The van der Waals surface area contributed by atoms with Gasteiger partial charge in [0.05, 0.1) is 22.9 Å². The number of halogens is 1. The van der Waals surface area contributed by atoms with E-state index in [2.05, 4.69) is 29.3 Å². The molecule has 1 saturated carbocycles. The van der Waals surface area contributed by atoms with Crippen LogP contribution in [-0.4, -0.2) is 16.2 Å². The highest BCUT2D eigenvalue weighted by molar-refractivity contribution is 5.75. The van der Waals surface area contributed by atoms with Gasteiger partial charge in [0.2, 0.25) is 0 Å². The number of hydrogen-bond donors (Lipinski definition) is 0. The molecule has 1 aliphatic rings. The fourth-order valence-electron chi connectivity index (χ4n) is 4.28. The number of benzene rings is 1. The SMILES string of the molecule is CCCCCCCCc1ccc(C2CCC(C(=O)Oc3ccc(C#N)c(F)c3)CC2)nn1. The maximum atomic E-state index is 13.7. The van der Waals surface area contributed by atoms with Crippen LogP contribution in [0.5, 0.6) is 5.75 Å². The zero-order chi connectivity index (χ0) is 22.8. The van der Waals surface area contributed by atoms with Crippen LogP contribution in [0.3, 0.4) is 0 Å². The second kappa shape index (κ2) is 12.3. The van der Waals surface area contributed by atoms with E-state index in [0.717, 1.165) is 43.1 Å². The molecule has 170 valence electrons. The quantitative estimate of drug-likeness (QED) is 0.249. The molecule has 3 rings (SSSR count). The molecule has 1 aromatic carbocycles. The van der Waals surface area contributed by atoms with Crippen molar-refractivity contribution in [2.24, 2.45) is 5.92 Å². The van der Waals surface area contributed by atoms with Crippen LogP contribution in [0.4, 0.5) is 4.39 Å². The summed E-state index contributed by atoms with van der Waals surface area (Å²) >= 11 is 0. The number of rotatable bonds is 10. The van der Waals surface area contributed by atoms with Crippen molar-refractivity contribution in [1.29, 1.82) is 5.26 Å². The minimum atomic E-state index is -0.681. The molecule has 0 radical (unpaired) electrons. The summed E-state index contributed by atoms with van der Waals surface area (Å²) in [5, 5.41) is 17.7. The van der Waals surface area contributed by atoms with Crippen molar-refractivity contribution in [3.63, 3.8) is 0 Å². The summed E-state index contributed by atoms with van der Waals surface area (Å²) in [6, 6.07) is 9.80. The zero-order valence-electron chi connectivity index (χ0n) is 18.9. The predicted molar refractivity (Wildman–Crippen MR) is 121 cm³/mol. The molecule has 0 aliphatic heterocycles. The fraction of sp³-hybridized carbons (Fsp3) is 0.538. The van der Waals surface area contributed by atoms with E-state index >= 15 is 0 Å². The number of esters is 1. The Morgan fingerprint density at radius 1 is 1.06 bits per heavy atom. The van der Waals surface area contributed by atoms with Crippen LogP contribution >= 0.6 is 0 Å². The number of nitrogens with zero attached hydrogens (tertiary/aromatic N) is 3. The molecule has 5 nitrogen and oxygen atoms in total. The van der Waals surface area contributed by atoms with Gasteiger partial charge in [0, 0.05) is 12.0 Å². The molecule has 0 saturated heterocycles. The Balaban J connectivity index is 1.42. The third kappa shape index (κ3) is 6.85. The van der Waals surface area contributed by atoms with E-state index in [9.17, 15) is 9.18 Å². The number of ether oxygens (including phenoxy) is 1.